The molecule has 0 saturated heterocycles. The quantitative estimate of drug-likeness (QED) is 0.343. The summed E-state index contributed by atoms with van der Waals surface area (Å²) in [6.07, 6.45) is 0.947. The Morgan fingerprint density at radius 2 is 1.83 bits per heavy atom. The summed E-state index contributed by atoms with van der Waals surface area (Å²) in [5.74, 6) is 1.71. The van der Waals surface area contributed by atoms with Gasteiger partial charge in [0.15, 0.2) is 0 Å². The van der Waals surface area contributed by atoms with Crippen molar-refractivity contribution in [1.82, 2.24) is 20.4 Å². The molecule has 7 nitrogen and oxygen atoms in total. The number of rotatable bonds is 7. The number of amides is 2. The minimum absolute atomic E-state index is 0.176. The number of carbonyl (C=O) groups is 1. The number of allylic oxidation sites excluding steroid dienone is 1. The number of ether oxygens (including phenoxy) is 1. The average Bonchev–Trinajstić information content (AvgIpc) is 3.59. The molecule has 8 heteroatoms. The maximum Gasteiger partial charge on any atom is 0.322 e. The van der Waals surface area contributed by atoms with Crippen LogP contribution in [-0.4, -0.2) is 28.2 Å². The number of methoxy groups -OCH3 is 1. The molecule has 1 N–H and O–H groups in total. The van der Waals surface area contributed by atoms with Gasteiger partial charge in [0.2, 0.25) is 5.82 Å². The van der Waals surface area contributed by atoms with Crippen LogP contribution in [0.1, 0.15) is 42.5 Å². The molecule has 1 aliphatic rings. The standard InChI is InChI=1S/C27H26N4O3S/c1-4-18-7-11-20(12-8-18)24-23(26-29-25(30-34-26)22-6-5-15-35-22)17(2)31(27(32)28-24)16-19-9-13-21(33-3)14-10-19/h5-15,24H,4,16H2,1-3H3,(H,28,32). The molecular formula is C27H26N4O3S. The molecule has 0 fully saturated rings. The van der Waals surface area contributed by atoms with Crippen LogP contribution in [0.2, 0.25) is 0 Å². The molecular weight excluding hydrogens is 460 g/mol. The Bertz CT molecular complexity index is 1340. The van der Waals surface area contributed by atoms with E-state index in [9.17, 15) is 4.79 Å². The molecule has 5 rings (SSSR count). The third-order valence-corrected chi connectivity index (χ3v) is 7.08. The number of hydrogen-bond donors (Lipinski definition) is 1. The number of hydrogen-bond acceptors (Lipinski definition) is 6. The number of nitrogens with one attached hydrogen (secondary N) is 1. The fourth-order valence-electron chi connectivity index (χ4n) is 4.20. The van der Waals surface area contributed by atoms with E-state index in [0.29, 0.717) is 18.3 Å². The van der Waals surface area contributed by atoms with Crippen LogP contribution < -0.4 is 10.1 Å². The molecule has 1 unspecified atom stereocenters. The number of aryl methyl sites for hydroxylation is 1. The highest BCUT2D eigenvalue weighted by Crippen LogP contribution is 2.38. The smallest absolute Gasteiger partial charge is 0.322 e. The van der Waals surface area contributed by atoms with Crippen LogP contribution in [0.5, 0.6) is 5.75 Å². The summed E-state index contributed by atoms with van der Waals surface area (Å²) in [4.78, 5) is 20.6. The molecule has 2 amide bonds. The van der Waals surface area contributed by atoms with E-state index in [1.807, 2.05) is 60.8 Å². The highest BCUT2D eigenvalue weighted by Gasteiger charge is 2.35. The highest BCUT2D eigenvalue weighted by atomic mass is 32.1. The summed E-state index contributed by atoms with van der Waals surface area (Å²) in [7, 11) is 1.63. The second-order valence-corrected chi connectivity index (χ2v) is 9.26. The molecule has 0 spiro atoms. The lowest BCUT2D eigenvalue weighted by atomic mass is 9.93. The molecule has 35 heavy (non-hydrogen) atoms. The van der Waals surface area contributed by atoms with E-state index >= 15 is 0 Å². The van der Waals surface area contributed by atoms with E-state index in [0.717, 1.165) is 39.4 Å². The Kier molecular flexibility index (Phi) is 6.37. The van der Waals surface area contributed by atoms with Crippen molar-refractivity contribution in [3.8, 4) is 16.5 Å². The van der Waals surface area contributed by atoms with Crippen LogP contribution >= 0.6 is 11.3 Å². The van der Waals surface area contributed by atoms with Gasteiger partial charge in [0.25, 0.3) is 5.89 Å². The van der Waals surface area contributed by atoms with Gasteiger partial charge in [0, 0.05) is 5.70 Å². The Hall–Kier alpha value is -3.91. The number of nitrogens with zero attached hydrogens (tertiary/aromatic N) is 3. The zero-order valence-corrected chi connectivity index (χ0v) is 20.6. The second-order valence-electron chi connectivity index (χ2n) is 8.31. The summed E-state index contributed by atoms with van der Waals surface area (Å²) < 4.78 is 11.0. The number of benzene rings is 2. The lowest BCUT2D eigenvalue weighted by Crippen LogP contribution is -2.45. The molecule has 0 bridgehead atoms. The van der Waals surface area contributed by atoms with Crippen molar-refractivity contribution in [2.45, 2.75) is 32.9 Å². The normalized spacial score (nSPS) is 15.9. The van der Waals surface area contributed by atoms with E-state index in [4.69, 9.17) is 14.2 Å². The predicted molar refractivity (Wildman–Crippen MR) is 136 cm³/mol. The molecule has 1 aliphatic heterocycles. The molecule has 3 heterocycles. The van der Waals surface area contributed by atoms with Crippen molar-refractivity contribution in [2.75, 3.05) is 7.11 Å². The van der Waals surface area contributed by atoms with Crippen molar-refractivity contribution in [3.05, 3.63) is 94.3 Å². The van der Waals surface area contributed by atoms with Gasteiger partial charge in [-0.05, 0) is 53.6 Å². The third kappa shape index (κ3) is 4.57. The second kappa shape index (κ2) is 9.76. The van der Waals surface area contributed by atoms with Crippen LogP contribution in [0.4, 0.5) is 4.79 Å². The van der Waals surface area contributed by atoms with Crippen LogP contribution in [0.25, 0.3) is 16.3 Å². The van der Waals surface area contributed by atoms with E-state index < -0.39 is 6.04 Å². The monoisotopic (exact) mass is 486 g/mol. The maximum atomic E-state index is 13.3. The van der Waals surface area contributed by atoms with Crippen LogP contribution in [0.3, 0.4) is 0 Å². The van der Waals surface area contributed by atoms with Gasteiger partial charge in [-0.1, -0.05) is 54.5 Å². The van der Waals surface area contributed by atoms with Crippen molar-refractivity contribution in [3.63, 3.8) is 0 Å². The van der Waals surface area contributed by atoms with Crippen LogP contribution in [-0.2, 0) is 13.0 Å². The lowest BCUT2D eigenvalue weighted by Gasteiger charge is -2.35. The average molecular weight is 487 g/mol. The summed E-state index contributed by atoms with van der Waals surface area (Å²) in [5.41, 5.74) is 4.74. The molecule has 0 aliphatic carbocycles. The minimum atomic E-state index is -0.405. The Morgan fingerprint density at radius 1 is 1.09 bits per heavy atom. The third-order valence-electron chi connectivity index (χ3n) is 6.22. The van der Waals surface area contributed by atoms with Gasteiger partial charge in [-0.2, -0.15) is 4.98 Å². The van der Waals surface area contributed by atoms with Gasteiger partial charge in [-0.15, -0.1) is 11.3 Å². The van der Waals surface area contributed by atoms with E-state index in [-0.39, 0.29) is 6.03 Å². The fourth-order valence-corrected chi connectivity index (χ4v) is 4.85. The number of urea groups is 1. The summed E-state index contributed by atoms with van der Waals surface area (Å²) in [6, 6.07) is 19.3. The first kappa shape index (κ1) is 22.9. The van der Waals surface area contributed by atoms with Crippen LogP contribution in [0.15, 0.2) is 76.3 Å². The number of carbonyl (C=O) groups excluding carboxylic acids is 1. The Balaban J connectivity index is 1.56. The SMILES string of the molecule is CCc1ccc(C2NC(=O)N(Cc3ccc(OC)cc3)C(C)=C2c2nc(-c3cccs3)no2)cc1. The number of thiophene rings is 1. The number of aromatic nitrogens is 2. The minimum Gasteiger partial charge on any atom is -0.497 e. The molecule has 0 saturated carbocycles. The zero-order valence-electron chi connectivity index (χ0n) is 19.8. The molecule has 0 radical (unpaired) electrons. The molecule has 178 valence electrons. The van der Waals surface area contributed by atoms with Gasteiger partial charge >= 0.3 is 6.03 Å². The van der Waals surface area contributed by atoms with Crippen molar-refractivity contribution in [1.29, 1.82) is 0 Å². The van der Waals surface area contributed by atoms with Crippen molar-refractivity contribution in [2.24, 2.45) is 0 Å². The largest absolute Gasteiger partial charge is 0.497 e. The van der Waals surface area contributed by atoms with Crippen LogP contribution in [0, 0.1) is 0 Å². The highest BCUT2D eigenvalue weighted by molar-refractivity contribution is 7.13. The van der Waals surface area contributed by atoms with E-state index in [1.165, 1.54) is 5.56 Å². The zero-order chi connectivity index (χ0) is 24.4. The first-order valence-corrected chi connectivity index (χ1v) is 12.3. The molecule has 2 aromatic heterocycles. The predicted octanol–water partition coefficient (Wildman–Crippen LogP) is 6.07. The van der Waals surface area contributed by atoms with Gasteiger partial charge < -0.3 is 14.6 Å². The van der Waals surface area contributed by atoms with Gasteiger partial charge in [0.05, 0.1) is 30.1 Å². The van der Waals surface area contributed by atoms with Gasteiger partial charge in [-0.3, -0.25) is 4.90 Å². The summed E-state index contributed by atoms with van der Waals surface area (Å²) in [5, 5.41) is 9.36. The first-order valence-electron chi connectivity index (χ1n) is 11.5. The first-order chi connectivity index (χ1) is 17.1. The molecule has 4 aromatic rings. The maximum absolute atomic E-state index is 13.3. The lowest BCUT2D eigenvalue weighted by molar-refractivity contribution is 0.203. The Labute approximate surface area is 208 Å². The molecule has 2 aromatic carbocycles. The fraction of sp³-hybridized carbons (Fsp3) is 0.222. The molecule has 1 atom stereocenters. The van der Waals surface area contributed by atoms with E-state index in [2.05, 4.69) is 29.5 Å². The van der Waals surface area contributed by atoms with Gasteiger partial charge in [0.1, 0.15) is 5.75 Å². The topological polar surface area (TPSA) is 80.5 Å². The van der Waals surface area contributed by atoms with Crippen molar-refractivity contribution >= 4 is 22.9 Å². The summed E-state index contributed by atoms with van der Waals surface area (Å²) >= 11 is 1.55. The summed E-state index contributed by atoms with van der Waals surface area (Å²) in [6.45, 7) is 4.45. The van der Waals surface area contributed by atoms with Gasteiger partial charge in [-0.25, -0.2) is 4.79 Å². The Morgan fingerprint density at radius 3 is 2.49 bits per heavy atom. The van der Waals surface area contributed by atoms with E-state index in [1.54, 1.807) is 23.3 Å². The van der Waals surface area contributed by atoms with Crippen molar-refractivity contribution < 1.29 is 14.1 Å².